The Hall–Kier alpha value is -0.120. The molecular weight excluding hydrogens is 250 g/mol. The summed E-state index contributed by atoms with van der Waals surface area (Å²) in [5.74, 6) is 0.792. The van der Waals surface area contributed by atoms with Crippen molar-refractivity contribution in [2.45, 2.75) is 83.0 Å². The van der Waals surface area contributed by atoms with Gasteiger partial charge in [-0.1, -0.05) is 19.8 Å². The van der Waals surface area contributed by atoms with Gasteiger partial charge in [0.1, 0.15) is 0 Å². The Labute approximate surface area is 124 Å². The molecule has 2 atom stereocenters. The normalized spacial score (nSPS) is 31.5. The summed E-state index contributed by atoms with van der Waals surface area (Å²) in [7, 11) is 1.78. The minimum atomic E-state index is -0.0780. The molecule has 0 aromatic heterocycles. The summed E-state index contributed by atoms with van der Waals surface area (Å²) in [4.78, 5) is 0. The molecule has 20 heavy (non-hydrogen) atoms. The number of hydrogen-bond donors (Lipinski definition) is 1. The van der Waals surface area contributed by atoms with Crippen molar-refractivity contribution < 1.29 is 9.47 Å². The molecule has 0 radical (unpaired) electrons. The second-order valence-corrected chi connectivity index (χ2v) is 7.60. The maximum absolute atomic E-state index is 6.41. The van der Waals surface area contributed by atoms with Crippen LogP contribution in [0.25, 0.3) is 0 Å². The Kier molecular flexibility index (Phi) is 5.49. The van der Waals surface area contributed by atoms with Crippen molar-refractivity contribution in [3.8, 4) is 0 Å². The van der Waals surface area contributed by atoms with Crippen molar-refractivity contribution >= 4 is 0 Å². The van der Waals surface area contributed by atoms with Crippen molar-refractivity contribution in [1.29, 1.82) is 0 Å². The lowest BCUT2D eigenvalue weighted by Crippen LogP contribution is -2.47. The Morgan fingerprint density at radius 2 is 2.00 bits per heavy atom. The van der Waals surface area contributed by atoms with E-state index in [1.54, 1.807) is 7.11 Å². The first-order valence-corrected chi connectivity index (χ1v) is 8.37. The summed E-state index contributed by atoms with van der Waals surface area (Å²) in [5.41, 5.74) is -0.00449. The first-order valence-electron chi connectivity index (χ1n) is 8.37. The fraction of sp³-hybridized carbons (Fsp3) is 1.00. The third kappa shape index (κ3) is 5.01. The molecule has 0 amide bonds. The molecule has 118 valence electrons. The van der Waals surface area contributed by atoms with E-state index >= 15 is 0 Å². The predicted octanol–water partition coefficient (Wildman–Crippen LogP) is 3.52. The molecule has 0 saturated heterocycles. The van der Waals surface area contributed by atoms with Crippen LogP contribution in [0, 0.1) is 5.92 Å². The maximum Gasteiger partial charge on any atom is 0.0808 e. The van der Waals surface area contributed by atoms with Gasteiger partial charge >= 0.3 is 0 Å². The molecule has 0 bridgehead atoms. The summed E-state index contributed by atoms with van der Waals surface area (Å²) in [5, 5.41) is 3.69. The van der Waals surface area contributed by atoms with E-state index in [9.17, 15) is 0 Å². The summed E-state index contributed by atoms with van der Waals surface area (Å²) in [6.07, 6.45) is 8.75. The molecule has 0 heterocycles. The van der Waals surface area contributed by atoms with Gasteiger partial charge in [-0.15, -0.1) is 0 Å². The number of hydrogen-bond acceptors (Lipinski definition) is 3. The monoisotopic (exact) mass is 283 g/mol. The van der Waals surface area contributed by atoms with Crippen LogP contribution in [0.2, 0.25) is 0 Å². The van der Waals surface area contributed by atoms with Gasteiger partial charge in [-0.05, 0) is 51.9 Å². The van der Waals surface area contributed by atoms with Gasteiger partial charge in [-0.3, -0.25) is 0 Å². The second-order valence-electron chi connectivity index (χ2n) is 7.60. The number of methoxy groups -OCH3 is 1. The predicted molar refractivity (Wildman–Crippen MR) is 83.0 cm³/mol. The molecule has 0 aromatic carbocycles. The fourth-order valence-electron chi connectivity index (χ4n) is 3.19. The standard InChI is InChI=1S/C17H33NO2/c1-14-6-5-9-17(12-14,13-18-15-7-8-15)20-11-10-16(2,3)19-4/h14-15,18H,5-13H2,1-4H3. The van der Waals surface area contributed by atoms with E-state index < -0.39 is 0 Å². The van der Waals surface area contributed by atoms with Gasteiger partial charge in [0, 0.05) is 19.7 Å². The molecule has 0 aromatic rings. The van der Waals surface area contributed by atoms with Crippen molar-refractivity contribution in [3.63, 3.8) is 0 Å². The Morgan fingerprint density at radius 1 is 1.25 bits per heavy atom. The Bertz CT molecular complexity index is 301. The summed E-state index contributed by atoms with van der Waals surface area (Å²) in [6.45, 7) is 8.48. The average molecular weight is 283 g/mol. The molecule has 0 aliphatic heterocycles. The van der Waals surface area contributed by atoms with E-state index in [1.807, 2.05) is 0 Å². The van der Waals surface area contributed by atoms with E-state index in [0.717, 1.165) is 31.5 Å². The van der Waals surface area contributed by atoms with Crippen molar-refractivity contribution in [3.05, 3.63) is 0 Å². The summed E-state index contributed by atoms with van der Waals surface area (Å²) in [6, 6.07) is 0.767. The smallest absolute Gasteiger partial charge is 0.0808 e. The first-order chi connectivity index (χ1) is 9.45. The zero-order valence-corrected chi connectivity index (χ0v) is 13.8. The summed E-state index contributed by atoms with van der Waals surface area (Å²) >= 11 is 0. The average Bonchev–Trinajstić information content (AvgIpc) is 3.20. The van der Waals surface area contributed by atoms with Gasteiger partial charge in [0.05, 0.1) is 17.8 Å². The van der Waals surface area contributed by atoms with Crippen LogP contribution in [0.3, 0.4) is 0 Å². The maximum atomic E-state index is 6.41. The highest BCUT2D eigenvalue weighted by atomic mass is 16.5. The van der Waals surface area contributed by atoms with Crippen LogP contribution in [0.4, 0.5) is 0 Å². The van der Waals surface area contributed by atoms with Gasteiger partial charge < -0.3 is 14.8 Å². The topological polar surface area (TPSA) is 30.5 Å². The molecule has 2 fully saturated rings. The molecule has 2 saturated carbocycles. The Morgan fingerprint density at radius 3 is 2.60 bits per heavy atom. The minimum absolute atomic E-state index is 0.0735. The van der Waals surface area contributed by atoms with E-state index in [0.29, 0.717) is 0 Å². The van der Waals surface area contributed by atoms with Gasteiger partial charge in [0.15, 0.2) is 0 Å². The largest absolute Gasteiger partial charge is 0.379 e. The van der Waals surface area contributed by atoms with Crippen LogP contribution >= 0.6 is 0 Å². The first kappa shape index (κ1) is 16.3. The summed E-state index contributed by atoms with van der Waals surface area (Å²) < 4.78 is 11.9. The minimum Gasteiger partial charge on any atom is -0.379 e. The van der Waals surface area contributed by atoms with E-state index in [4.69, 9.17) is 9.47 Å². The van der Waals surface area contributed by atoms with Crippen LogP contribution in [0.1, 0.15) is 65.7 Å². The lowest BCUT2D eigenvalue weighted by molar-refractivity contribution is -0.0988. The van der Waals surface area contributed by atoms with E-state index in [-0.39, 0.29) is 11.2 Å². The number of rotatable bonds is 8. The lowest BCUT2D eigenvalue weighted by Gasteiger charge is -2.41. The lowest BCUT2D eigenvalue weighted by atomic mass is 9.78. The molecule has 3 heteroatoms. The van der Waals surface area contributed by atoms with E-state index in [2.05, 4.69) is 26.1 Å². The molecule has 2 rings (SSSR count). The van der Waals surface area contributed by atoms with E-state index in [1.165, 1.54) is 38.5 Å². The van der Waals surface area contributed by atoms with Gasteiger partial charge in [-0.25, -0.2) is 0 Å². The number of nitrogens with one attached hydrogen (secondary N) is 1. The molecule has 2 aliphatic carbocycles. The molecule has 2 aliphatic rings. The SMILES string of the molecule is COC(C)(C)CCOC1(CNC2CC2)CCCC(C)C1. The molecule has 1 N–H and O–H groups in total. The highest BCUT2D eigenvalue weighted by molar-refractivity contribution is 4.92. The molecule has 2 unspecified atom stereocenters. The van der Waals surface area contributed by atoms with Crippen LogP contribution in [-0.2, 0) is 9.47 Å². The van der Waals surface area contributed by atoms with Crippen molar-refractivity contribution in [2.24, 2.45) is 5.92 Å². The van der Waals surface area contributed by atoms with Crippen LogP contribution < -0.4 is 5.32 Å². The quantitative estimate of drug-likeness (QED) is 0.739. The van der Waals surface area contributed by atoms with Crippen molar-refractivity contribution in [2.75, 3.05) is 20.3 Å². The van der Waals surface area contributed by atoms with Crippen LogP contribution in [0.5, 0.6) is 0 Å². The third-order valence-electron chi connectivity index (χ3n) is 5.01. The zero-order chi connectivity index (χ0) is 14.6. The molecule has 0 spiro atoms. The number of ether oxygens (including phenoxy) is 2. The van der Waals surface area contributed by atoms with Crippen LogP contribution in [0.15, 0.2) is 0 Å². The molecular formula is C17H33NO2. The Balaban J connectivity index is 1.84. The van der Waals surface area contributed by atoms with Gasteiger partial charge in [0.25, 0.3) is 0 Å². The van der Waals surface area contributed by atoms with Gasteiger partial charge in [0.2, 0.25) is 0 Å². The molecule has 3 nitrogen and oxygen atoms in total. The third-order valence-corrected chi connectivity index (χ3v) is 5.01. The highest BCUT2D eigenvalue weighted by Gasteiger charge is 2.37. The van der Waals surface area contributed by atoms with Gasteiger partial charge in [-0.2, -0.15) is 0 Å². The van der Waals surface area contributed by atoms with Crippen LogP contribution in [-0.4, -0.2) is 37.5 Å². The van der Waals surface area contributed by atoms with Crippen molar-refractivity contribution in [1.82, 2.24) is 5.32 Å². The fourth-order valence-corrected chi connectivity index (χ4v) is 3.19. The zero-order valence-electron chi connectivity index (χ0n) is 13.8. The second kappa shape index (κ2) is 6.76. The highest BCUT2D eigenvalue weighted by Crippen LogP contribution is 2.36.